The molecular weight excluding hydrogens is 186 g/mol. The first-order valence-corrected chi connectivity index (χ1v) is 4.92. The summed E-state index contributed by atoms with van der Waals surface area (Å²) < 4.78 is 30.1. The molecule has 1 aromatic heterocycles. The second kappa shape index (κ2) is 4.11. The Morgan fingerprint density at radius 3 is 2.43 bits per heavy atom. The van der Waals surface area contributed by atoms with E-state index in [0.29, 0.717) is 5.76 Å². The second-order valence-electron chi connectivity index (χ2n) is 4.22. The monoisotopic (exact) mass is 202 g/mol. The van der Waals surface area contributed by atoms with Gasteiger partial charge in [0.25, 0.3) is 0 Å². The maximum absolute atomic E-state index is 12.7. The van der Waals surface area contributed by atoms with Crippen molar-refractivity contribution < 1.29 is 13.2 Å². The van der Waals surface area contributed by atoms with Gasteiger partial charge in [-0.3, -0.25) is 0 Å². The molecule has 0 saturated heterocycles. The van der Waals surface area contributed by atoms with E-state index in [-0.39, 0.29) is 5.41 Å². The molecule has 0 bridgehead atoms. The fourth-order valence-electron chi connectivity index (χ4n) is 1.42. The van der Waals surface area contributed by atoms with Crippen molar-refractivity contribution in [3.8, 4) is 0 Å². The Balaban J connectivity index is 2.80. The average Bonchev–Trinajstić information content (AvgIpc) is 2.45. The van der Waals surface area contributed by atoms with Crippen molar-refractivity contribution in [1.82, 2.24) is 0 Å². The Bertz CT molecular complexity index is 283. The molecule has 0 radical (unpaired) electrons. The topological polar surface area (TPSA) is 13.1 Å². The molecular formula is C11H16F2O. The van der Waals surface area contributed by atoms with Gasteiger partial charge in [-0.2, -0.15) is 8.78 Å². The average molecular weight is 202 g/mol. The largest absolute Gasteiger partial charge is 0.433 e. The summed E-state index contributed by atoms with van der Waals surface area (Å²) in [5, 5.41) is 0. The van der Waals surface area contributed by atoms with E-state index in [2.05, 4.69) is 6.92 Å². The minimum absolute atomic E-state index is 0.290. The van der Waals surface area contributed by atoms with Gasteiger partial charge in [0, 0.05) is 11.5 Å². The van der Waals surface area contributed by atoms with E-state index < -0.39 is 11.8 Å². The van der Waals surface area contributed by atoms with Crippen LogP contribution in [0.5, 0.6) is 0 Å². The van der Waals surface area contributed by atoms with Crippen LogP contribution < -0.4 is 0 Å². The summed E-state index contributed by atoms with van der Waals surface area (Å²) >= 11 is 0. The molecule has 0 saturated carbocycles. The van der Waals surface area contributed by atoms with E-state index in [9.17, 15) is 8.78 Å². The molecule has 0 aliphatic rings. The van der Waals surface area contributed by atoms with E-state index in [1.54, 1.807) is 0 Å². The number of hydrogen-bond donors (Lipinski definition) is 0. The van der Waals surface area contributed by atoms with Crippen LogP contribution in [0, 0.1) is 11.8 Å². The van der Waals surface area contributed by atoms with Gasteiger partial charge in [-0.25, -0.2) is 0 Å². The molecule has 0 aromatic carbocycles. The summed E-state index contributed by atoms with van der Waals surface area (Å²) in [5.41, 5.74) is -0.290. The predicted molar refractivity (Wildman–Crippen MR) is 51.2 cm³/mol. The van der Waals surface area contributed by atoms with Crippen LogP contribution in [-0.2, 0) is 5.41 Å². The molecule has 0 spiro atoms. The van der Waals surface area contributed by atoms with E-state index in [4.69, 9.17) is 4.42 Å². The summed E-state index contributed by atoms with van der Waals surface area (Å²) in [4.78, 5) is 0. The first kappa shape index (κ1) is 11.2. The van der Waals surface area contributed by atoms with Crippen LogP contribution >= 0.6 is 0 Å². The minimum Gasteiger partial charge on any atom is -0.433 e. The van der Waals surface area contributed by atoms with E-state index in [1.807, 2.05) is 13.8 Å². The quantitative estimate of drug-likeness (QED) is 0.718. The van der Waals surface area contributed by atoms with Crippen molar-refractivity contribution in [2.24, 2.45) is 0 Å². The van der Waals surface area contributed by atoms with Crippen molar-refractivity contribution in [2.45, 2.75) is 45.4 Å². The maximum Gasteiger partial charge on any atom is 0.314 e. The van der Waals surface area contributed by atoms with Crippen LogP contribution in [0.4, 0.5) is 8.78 Å². The van der Waals surface area contributed by atoms with Gasteiger partial charge in [-0.15, -0.1) is 0 Å². The molecule has 0 atom stereocenters. The molecule has 0 amide bonds. The lowest BCUT2D eigenvalue weighted by Gasteiger charge is -2.21. The molecule has 0 aliphatic heterocycles. The Labute approximate surface area is 83.1 Å². The number of unbranched alkanes of at least 4 members (excludes halogenated alkanes) is 1. The highest BCUT2D eigenvalue weighted by Crippen LogP contribution is 2.31. The number of rotatable bonds is 4. The summed E-state index contributed by atoms with van der Waals surface area (Å²) in [6.07, 6.45) is 2.96. The zero-order chi connectivity index (χ0) is 10.8. The smallest absolute Gasteiger partial charge is 0.314 e. The standard InChI is InChI=1S/C11H16F2O/c1-4-5-6-11(2,3)9-7-8(12)10(13)14-9/h7H,4-6H2,1-3H3. The summed E-state index contributed by atoms with van der Waals surface area (Å²) in [7, 11) is 0. The highest BCUT2D eigenvalue weighted by Gasteiger charge is 2.26. The normalized spacial score (nSPS) is 12.1. The number of halogens is 2. The SMILES string of the molecule is CCCCC(C)(C)c1cc(F)c(F)o1. The zero-order valence-electron chi connectivity index (χ0n) is 8.86. The Morgan fingerprint density at radius 2 is 2.00 bits per heavy atom. The van der Waals surface area contributed by atoms with Gasteiger partial charge < -0.3 is 4.42 Å². The Kier molecular flexibility index (Phi) is 3.29. The number of hydrogen-bond acceptors (Lipinski definition) is 1. The van der Waals surface area contributed by atoms with Gasteiger partial charge in [0.15, 0.2) is 5.82 Å². The van der Waals surface area contributed by atoms with Gasteiger partial charge in [0.1, 0.15) is 5.76 Å². The highest BCUT2D eigenvalue weighted by molar-refractivity contribution is 5.12. The zero-order valence-corrected chi connectivity index (χ0v) is 8.86. The lowest BCUT2D eigenvalue weighted by molar-refractivity contribution is 0.271. The van der Waals surface area contributed by atoms with Crippen molar-refractivity contribution in [3.05, 3.63) is 23.7 Å². The molecule has 14 heavy (non-hydrogen) atoms. The molecule has 80 valence electrons. The van der Waals surface area contributed by atoms with E-state index in [0.717, 1.165) is 25.3 Å². The third-order valence-electron chi connectivity index (χ3n) is 2.47. The molecule has 0 fully saturated rings. The third-order valence-corrected chi connectivity index (χ3v) is 2.47. The molecule has 1 aromatic rings. The molecule has 1 nitrogen and oxygen atoms in total. The fraction of sp³-hybridized carbons (Fsp3) is 0.636. The molecule has 1 heterocycles. The van der Waals surface area contributed by atoms with Gasteiger partial charge in [-0.05, 0) is 6.42 Å². The van der Waals surface area contributed by atoms with Crippen molar-refractivity contribution >= 4 is 0 Å². The van der Waals surface area contributed by atoms with E-state index in [1.165, 1.54) is 0 Å². The molecule has 0 aliphatic carbocycles. The Hall–Kier alpha value is -0.860. The van der Waals surface area contributed by atoms with Crippen LogP contribution in [-0.4, -0.2) is 0 Å². The van der Waals surface area contributed by atoms with Crippen LogP contribution in [0.25, 0.3) is 0 Å². The van der Waals surface area contributed by atoms with Crippen LogP contribution in [0.1, 0.15) is 45.8 Å². The van der Waals surface area contributed by atoms with Gasteiger partial charge in [0.2, 0.25) is 0 Å². The minimum atomic E-state index is -1.11. The summed E-state index contributed by atoms with van der Waals surface area (Å²) in [6.45, 7) is 5.94. The van der Waals surface area contributed by atoms with Crippen LogP contribution in [0.15, 0.2) is 10.5 Å². The van der Waals surface area contributed by atoms with Gasteiger partial charge in [0.05, 0.1) is 0 Å². The van der Waals surface area contributed by atoms with Crippen molar-refractivity contribution in [2.75, 3.05) is 0 Å². The first-order valence-electron chi connectivity index (χ1n) is 4.92. The predicted octanol–water partition coefficient (Wildman–Crippen LogP) is 4.03. The Morgan fingerprint density at radius 1 is 1.36 bits per heavy atom. The van der Waals surface area contributed by atoms with Crippen molar-refractivity contribution in [1.29, 1.82) is 0 Å². The molecule has 1 rings (SSSR count). The highest BCUT2D eigenvalue weighted by atomic mass is 19.2. The third kappa shape index (κ3) is 2.34. The summed E-state index contributed by atoms with van der Waals surface area (Å²) in [6, 6.07) is 0.0370. The molecule has 0 unspecified atom stereocenters. The van der Waals surface area contributed by atoms with Crippen molar-refractivity contribution in [3.63, 3.8) is 0 Å². The lowest BCUT2D eigenvalue weighted by Crippen LogP contribution is -2.15. The van der Waals surface area contributed by atoms with E-state index >= 15 is 0 Å². The molecule has 0 N–H and O–H groups in total. The molecule has 3 heteroatoms. The van der Waals surface area contributed by atoms with Crippen LogP contribution in [0.2, 0.25) is 0 Å². The lowest BCUT2D eigenvalue weighted by atomic mass is 9.85. The number of furan rings is 1. The fourth-order valence-corrected chi connectivity index (χ4v) is 1.42. The van der Waals surface area contributed by atoms with Crippen LogP contribution in [0.3, 0.4) is 0 Å². The second-order valence-corrected chi connectivity index (χ2v) is 4.22. The van der Waals surface area contributed by atoms with Gasteiger partial charge >= 0.3 is 6.01 Å². The maximum atomic E-state index is 12.7. The summed E-state index contributed by atoms with van der Waals surface area (Å²) in [5.74, 6) is -0.509. The first-order chi connectivity index (χ1) is 6.47. The van der Waals surface area contributed by atoms with Gasteiger partial charge in [-0.1, -0.05) is 33.6 Å².